The summed E-state index contributed by atoms with van der Waals surface area (Å²) in [6.07, 6.45) is -10.0. The number of carbonyl (C=O) groups is 1. The number of amidine groups is 1. The van der Waals surface area contributed by atoms with Crippen LogP contribution in [-0.2, 0) is 23.5 Å². The van der Waals surface area contributed by atoms with Gasteiger partial charge in [0.05, 0.1) is 17.8 Å². The van der Waals surface area contributed by atoms with Crippen LogP contribution in [0.2, 0.25) is 10.0 Å². The molecule has 1 N–H and O–H groups in total. The molecule has 2 aromatic rings. The van der Waals surface area contributed by atoms with Gasteiger partial charge in [0.25, 0.3) is 11.5 Å². The van der Waals surface area contributed by atoms with E-state index in [9.17, 15) is 31.1 Å². The monoisotopic (exact) mass is 545 g/mol. The summed E-state index contributed by atoms with van der Waals surface area (Å²) in [6, 6.07) is 2.95. The van der Waals surface area contributed by atoms with Gasteiger partial charge in [-0.05, 0) is 36.8 Å². The largest absolute Gasteiger partial charge is 0.435 e. The van der Waals surface area contributed by atoms with Gasteiger partial charge in [-0.15, -0.1) is 11.3 Å². The van der Waals surface area contributed by atoms with E-state index in [0.29, 0.717) is 10.4 Å². The molecule has 34 heavy (non-hydrogen) atoms. The Morgan fingerprint density at radius 3 is 2.35 bits per heavy atom. The zero-order chi connectivity index (χ0) is 25.1. The summed E-state index contributed by atoms with van der Waals surface area (Å²) in [5.74, 6) is -0.834. The topological polar surface area (TPSA) is 53.9 Å². The zero-order valence-electron chi connectivity index (χ0n) is 17.2. The number of fused-ring (bicyclic) bond motifs is 1. The summed E-state index contributed by atoms with van der Waals surface area (Å²) in [5, 5.41) is 5.61. The van der Waals surface area contributed by atoms with Crippen molar-refractivity contribution < 1.29 is 36.0 Å². The fourth-order valence-electron chi connectivity index (χ4n) is 3.66. The van der Waals surface area contributed by atoms with Crippen molar-refractivity contribution in [3.8, 4) is 0 Å². The highest BCUT2D eigenvalue weighted by Crippen LogP contribution is 2.50. The molecule has 0 fully saturated rings. The van der Waals surface area contributed by atoms with Crippen LogP contribution >= 0.6 is 34.5 Å². The first-order valence-electron chi connectivity index (χ1n) is 9.72. The summed E-state index contributed by atoms with van der Waals surface area (Å²) in [7, 11) is 0. The Morgan fingerprint density at radius 1 is 1.15 bits per heavy atom. The lowest BCUT2D eigenvalue weighted by Gasteiger charge is -2.30. The number of benzene rings is 1. The number of amides is 1. The van der Waals surface area contributed by atoms with Crippen molar-refractivity contribution >= 4 is 46.3 Å². The van der Waals surface area contributed by atoms with E-state index in [1.807, 2.05) is 5.32 Å². The fraction of sp³-hybridized carbons (Fsp3) is 0.400. The Morgan fingerprint density at radius 2 is 1.79 bits per heavy atom. The van der Waals surface area contributed by atoms with E-state index in [1.165, 1.54) is 12.1 Å². The Labute approximate surface area is 203 Å². The molecule has 2 atom stereocenters. The van der Waals surface area contributed by atoms with Gasteiger partial charge in [-0.1, -0.05) is 28.4 Å². The van der Waals surface area contributed by atoms with E-state index >= 15 is 0 Å². The third-order valence-corrected chi connectivity index (χ3v) is 7.12. The van der Waals surface area contributed by atoms with Crippen LogP contribution < -0.4 is 5.32 Å². The molecule has 1 aromatic carbocycles. The van der Waals surface area contributed by atoms with Crippen LogP contribution in [0.1, 0.15) is 39.0 Å². The molecule has 2 aliphatic heterocycles. The van der Waals surface area contributed by atoms with Gasteiger partial charge in [0, 0.05) is 27.0 Å². The number of oxime groups is 1. The van der Waals surface area contributed by atoms with E-state index in [-0.39, 0.29) is 39.4 Å². The Hall–Kier alpha value is -2.18. The number of hydrogen-bond donors (Lipinski definition) is 1. The lowest BCUT2D eigenvalue weighted by Crippen LogP contribution is -2.43. The standard InChI is InChI=1S/C20H15Cl2F6N3O2S/c1-9(19(23,24)25)29-17(32)14-2-10-7-31(8-15(10)34-14)16-6-18(33-30-16,20(26,27)28)11-3-12(21)5-13(22)4-11/h2-5,9H,6-8H2,1H3,(H,29,32). The van der Waals surface area contributed by atoms with Gasteiger partial charge in [0.2, 0.25) is 0 Å². The van der Waals surface area contributed by atoms with E-state index < -0.39 is 36.3 Å². The quantitative estimate of drug-likeness (QED) is 0.464. The van der Waals surface area contributed by atoms with Crippen molar-refractivity contribution in [3.63, 3.8) is 0 Å². The highest BCUT2D eigenvalue weighted by molar-refractivity contribution is 7.14. The second kappa shape index (κ2) is 8.49. The number of thiophene rings is 1. The number of rotatable bonds is 3. The molecule has 0 aliphatic carbocycles. The van der Waals surface area contributed by atoms with Crippen molar-refractivity contribution in [3.05, 3.63) is 55.2 Å². The molecule has 2 aliphatic rings. The van der Waals surface area contributed by atoms with Gasteiger partial charge in [0.1, 0.15) is 11.9 Å². The van der Waals surface area contributed by atoms with Crippen molar-refractivity contribution in [1.82, 2.24) is 10.2 Å². The highest BCUT2D eigenvalue weighted by Gasteiger charge is 2.63. The Balaban J connectivity index is 1.49. The number of hydrogen-bond acceptors (Lipinski definition) is 5. The van der Waals surface area contributed by atoms with Gasteiger partial charge in [-0.2, -0.15) is 26.3 Å². The maximum absolute atomic E-state index is 14.1. The second-order valence-electron chi connectivity index (χ2n) is 7.91. The fourth-order valence-corrected chi connectivity index (χ4v) is 5.28. The highest BCUT2D eigenvalue weighted by atomic mass is 35.5. The smallest absolute Gasteiger partial charge is 0.372 e. The van der Waals surface area contributed by atoms with Gasteiger partial charge >= 0.3 is 12.4 Å². The summed E-state index contributed by atoms with van der Waals surface area (Å²) >= 11 is 12.8. The first-order valence-corrected chi connectivity index (χ1v) is 11.3. The number of nitrogens with zero attached hydrogens (tertiary/aromatic N) is 2. The van der Waals surface area contributed by atoms with Crippen LogP contribution in [0.4, 0.5) is 26.3 Å². The number of carbonyl (C=O) groups excluding carboxylic acids is 1. The molecule has 2 unspecified atom stereocenters. The van der Waals surface area contributed by atoms with Gasteiger partial charge in [0.15, 0.2) is 0 Å². The van der Waals surface area contributed by atoms with Gasteiger partial charge < -0.3 is 15.1 Å². The van der Waals surface area contributed by atoms with Crippen LogP contribution in [0.15, 0.2) is 29.4 Å². The molecule has 14 heteroatoms. The number of alkyl halides is 6. The van der Waals surface area contributed by atoms with Crippen LogP contribution in [0, 0.1) is 0 Å². The van der Waals surface area contributed by atoms with Crippen molar-refractivity contribution in [1.29, 1.82) is 0 Å². The van der Waals surface area contributed by atoms with Crippen molar-refractivity contribution in [2.24, 2.45) is 5.16 Å². The molecular weight excluding hydrogens is 531 g/mol. The average Bonchev–Trinajstić information content (AvgIpc) is 3.39. The summed E-state index contributed by atoms with van der Waals surface area (Å²) in [5.41, 5.74) is -2.44. The molecule has 5 nitrogen and oxygen atoms in total. The third kappa shape index (κ3) is 4.55. The first-order chi connectivity index (χ1) is 15.7. The molecule has 1 amide bonds. The summed E-state index contributed by atoms with van der Waals surface area (Å²) in [6.45, 7) is 1.09. The minimum Gasteiger partial charge on any atom is -0.372 e. The normalized spacial score (nSPS) is 21.2. The molecule has 1 aromatic heterocycles. The second-order valence-corrected chi connectivity index (χ2v) is 9.92. The van der Waals surface area contributed by atoms with Gasteiger partial charge in [-0.3, -0.25) is 4.79 Å². The van der Waals surface area contributed by atoms with E-state index in [0.717, 1.165) is 30.4 Å². The molecule has 0 saturated carbocycles. The number of nitrogens with one attached hydrogen (secondary N) is 1. The van der Waals surface area contributed by atoms with E-state index in [2.05, 4.69) is 5.16 Å². The minimum atomic E-state index is -4.84. The lowest BCUT2D eigenvalue weighted by molar-refractivity contribution is -0.275. The molecule has 0 saturated heterocycles. The van der Waals surface area contributed by atoms with Crippen LogP contribution in [-0.4, -0.2) is 35.0 Å². The van der Waals surface area contributed by atoms with E-state index in [1.54, 1.807) is 4.90 Å². The third-order valence-electron chi connectivity index (χ3n) is 5.52. The van der Waals surface area contributed by atoms with Crippen molar-refractivity contribution in [2.45, 2.75) is 50.4 Å². The van der Waals surface area contributed by atoms with Crippen LogP contribution in [0.3, 0.4) is 0 Å². The molecular formula is C20H15Cl2F6N3O2S. The minimum absolute atomic E-state index is 0.0113. The average molecular weight is 546 g/mol. The predicted molar refractivity (Wildman–Crippen MR) is 114 cm³/mol. The van der Waals surface area contributed by atoms with E-state index in [4.69, 9.17) is 28.0 Å². The molecule has 0 spiro atoms. The lowest BCUT2D eigenvalue weighted by atomic mass is 9.89. The molecule has 4 rings (SSSR count). The van der Waals surface area contributed by atoms with Crippen molar-refractivity contribution in [2.75, 3.05) is 0 Å². The summed E-state index contributed by atoms with van der Waals surface area (Å²) < 4.78 is 80.5. The number of halogens is 8. The zero-order valence-corrected chi connectivity index (χ0v) is 19.5. The Kier molecular flexibility index (Phi) is 6.22. The van der Waals surface area contributed by atoms with Crippen LogP contribution in [0.5, 0.6) is 0 Å². The molecule has 3 heterocycles. The molecule has 184 valence electrons. The molecule has 0 radical (unpaired) electrons. The maximum atomic E-state index is 14.1. The SMILES string of the molecule is CC(NC(=O)c1cc2c(s1)CN(C1=NOC(c3cc(Cl)cc(Cl)c3)(C(F)(F)F)C1)C2)C(F)(F)F. The summed E-state index contributed by atoms with van der Waals surface area (Å²) in [4.78, 5) is 19.4. The van der Waals surface area contributed by atoms with Crippen LogP contribution in [0.25, 0.3) is 0 Å². The van der Waals surface area contributed by atoms with Gasteiger partial charge in [-0.25, -0.2) is 0 Å². The Bertz CT molecular complexity index is 1120. The predicted octanol–water partition coefficient (Wildman–Crippen LogP) is 6.24. The first kappa shape index (κ1) is 24.9. The maximum Gasteiger partial charge on any atom is 0.435 e. The molecule has 0 bridgehead atoms.